The second kappa shape index (κ2) is 8.75. The van der Waals surface area contributed by atoms with Crippen LogP contribution >= 0.6 is 23.1 Å². The smallest absolute Gasteiger partial charge is 0.317 e. The van der Waals surface area contributed by atoms with Gasteiger partial charge in [-0.05, 0) is 51.0 Å². The minimum absolute atomic E-state index is 0.111. The Hall–Kier alpha value is -2.38. The highest BCUT2D eigenvalue weighted by atomic mass is 32.2. The van der Waals surface area contributed by atoms with Crippen molar-refractivity contribution in [3.8, 4) is 0 Å². The van der Waals surface area contributed by atoms with Gasteiger partial charge < -0.3 is 10.1 Å². The zero-order valence-corrected chi connectivity index (χ0v) is 17.9. The lowest BCUT2D eigenvalue weighted by molar-refractivity contribution is -0.150. The number of hydrogen-bond acceptors (Lipinski definition) is 6. The number of fused-ring (bicyclic) bond motifs is 1. The molecule has 28 heavy (non-hydrogen) atoms. The maximum Gasteiger partial charge on any atom is 0.317 e. The van der Waals surface area contributed by atoms with Crippen LogP contribution < -0.4 is 5.32 Å². The second-order valence-corrected chi connectivity index (χ2v) is 8.88. The molecule has 0 fully saturated rings. The Morgan fingerprint density at radius 1 is 1.18 bits per heavy atom. The molecule has 1 atom stereocenters. The molecule has 0 saturated heterocycles. The van der Waals surface area contributed by atoms with Crippen molar-refractivity contribution in [2.24, 2.45) is 0 Å². The predicted octanol–water partition coefficient (Wildman–Crippen LogP) is 4.88. The number of thiazole rings is 1. The summed E-state index contributed by atoms with van der Waals surface area (Å²) in [7, 11) is 0. The molecule has 0 aliphatic heterocycles. The second-order valence-electron chi connectivity index (χ2n) is 6.63. The van der Waals surface area contributed by atoms with E-state index in [9.17, 15) is 9.59 Å². The molecule has 146 valence electrons. The number of ether oxygens (including phenoxy) is 1. The summed E-state index contributed by atoms with van der Waals surface area (Å²) in [5.74, 6) is -0.669. The maximum atomic E-state index is 12.4. The van der Waals surface area contributed by atoms with Gasteiger partial charge in [-0.1, -0.05) is 41.6 Å². The van der Waals surface area contributed by atoms with Gasteiger partial charge >= 0.3 is 5.97 Å². The molecular formula is C21H22N2O3S2. The van der Waals surface area contributed by atoms with Crippen molar-refractivity contribution in [2.75, 3.05) is 11.1 Å². The Morgan fingerprint density at radius 2 is 1.86 bits per heavy atom. The number of thioether (sulfide) groups is 1. The Balaban J connectivity index is 1.54. The summed E-state index contributed by atoms with van der Waals surface area (Å²) in [6.07, 6.45) is -0.872. The fourth-order valence-electron chi connectivity index (χ4n) is 2.92. The van der Waals surface area contributed by atoms with Gasteiger partial charge in [0.1, 0.15) is 0 Å². The maximum absolute atomic E-state index is 12.4. The van der Waals surface area contributed by atoms with E-state index in [0.717, 1.165) is 36.9 Å². The Kier molecular flexibility index (Phi) is 6.36. The molecule has 0 unspecified atom stereocenters. The zero-order chi connectivity index (χ0) is 20.3. The number of esters is 1. The van der Waals surface area contributed by atoms with Crippen LogP contribution in [-0.4, -0.2) is 28.7 Å². The van der Waals surface area contributed by atoms with Crippen LogP contribution in [0.15, 0.2) is 40.7 Å². The van der Waals surface area contributed by atoms with E-state index < -0.39 is 12.1 Å². The molecule has 1 heterocycles. The molecule has 0 spiro atoms. The number of anilines is 1. The number of nitrogens with zero attached hydrogens (tertiary/aromatic N) is 1. The Morgan fingerprint density at radius 3 is 2.54 bits per heavy atom. The monoisotopic (exact) mass is 414 g/mol. The van der Waals surface area contributed by atoms with Crippen LogP contribution in [0.1, 0.15) is 23.6 Å². The number of aryl methyl sites for hydroxylation is 3. The first-order valence-corrected chi connectivity index (χ1v) is 10.7. The predicted molar refractivity (Wildman–Crippen MR) is 115 cm³/mol. The van der Waals surface area contributed by atoms with Gasteiger partial charge in [0.2, 0.25) is 0 Å². The minimum Gasteiger partial charge on any atom is -0.452 e. The third-order valence-electron chi connectivity index (χ3n) is 4.19. The molecule has 0 bridgehead atoms. The van der Waals surface area contributed by atoms with Crippen LogP contribution in [0.4, 0.5) is 5.69 Å². The van der Waals surface area contributed by atoms with Gasteiger partial charge in [0.25, 0.3) is 5.91 Å². The van der Waals surface area contributed by atoms with Gasteiger partial charge in [0.05, 0.1) is 16.0 Å². The number of rotatable bonds is 6. The highest BCUT2D eigenvalue weighted by Gasteiger charge is 2.20. The number of aromatic nitrogens is 1. The largest absolute Gasteiger partial charge is 0.452 e. The summed E-state index contributed by atoms with van der Waals surface area (Å²) in [6, 6.07) is 11.8. The van der Waals surface area contributed by atoms with E-state index in [1.54, 1.807) is 6.92 Å². The van der Waals surface area contributed by atoms with Crippen LogP contribution in [0.5, 0.6) is 0 Å². The molecule has 1 amide bonds. The number of carbonyl (C=O) groups excluding carboxylic acids is 2. The average molecular weight is 415 g/mol. The molecule has 0 radical (unpaired) electrons. The van der Waals surface area contributed by atoms with Crippen molar-refractivity contribution in [3.05, 3.63) is 53.1 Å². The highest BCUT2D eigenvalue weighted by molar-refractivity contribution is 8.01. The number of hydrogen-bond donors (Lipinski definition) is 1. The van der Waals surface area contributed by atoms with Gasteiger partial charge in [-0.3, -0.25) is 9.59 Å². The Labute approximate surface area is 172 Å². The van der Waals surface area contributed by atoms with Crippen LogP contribution in [0.2, 0.25) is 0 Å². The minimum atomic E-state index is -0.872. The summed E-state index contributed by atoms with van der Waals surface area (Å²) in [5, 5.41) is 2.87. The third kappa shape index (κ3) is 4.91. The SMILES string of the molecule is Cc1cc(C)c(NC(=O)[C@@H](C)OC(=O)CSc2nc3ccccc3s2)c(C)c1. The van der Waals surface area contributed by atoms with Crippen LogP contribution in [0, 0.1) is 20.8 Å². The van der Waals surface area contributed by atoms with E-state index >= 15 is 0 Å². The number of nitrogens with one attached hydrogen (secondary N) is 1. The molecule has 5 nitrogen and oxygen atoms in total. The van der Waals surface area contributed by atoms with Crippen molar-refractivity contribution in [1.82, 2.24) is 4.98 Å². The van der Waals surface area contributed by atoms with Gasteiger partial charge in [0, 0.05) is 5.69 Å². The van der Waals surface area contributed by atoms with Crippen molar-refractivity contribution < 1.29 is 14.3 Å². The molecule has 1 N–H and O–H groups in total. The molecule has 0 aliphatic carbocycles. The van der Waals surface area contributed by atoms with E-state index in [1.165, 1.54) is 23.1 Å². The first-order chi connectivity index (χ1) is 13.3. The first kappa shape index (κ1) is 20.4. The van der Waals surface area contributed by atoms with E-state index in [4.69, 9.17) is 4.74 Å². The van der Waals surface area contributed by atoms with Crippen molar-refractivity contribution in [3.63, 3.8) is 0 Å². The van der Waals surface area contributed by atoms with Crippen LogP contribution in [0.3, 0.4) is 0 Å². The van der Waals surface area contributed by atoms with Gasteiger partial charge in [-0.25, -0.2) is 4.98 Å². The lowest BCUT2D eigenvalue weighted by atomic mass is 10.0. The fourth-order valence-corrected chi connectivity index (χ4v) is 4.77. The molecule has 7 heteroatoms. The van der Waals surface area contributed by atoms with Crippen molar-refractivity contribution in [1.29, 1.82) is 0 Å². The summed E-state index contributed by atoms with van der Waals surface area (Å²) < 4.78 is 7.17. The topological polar surface area (TPSA) is 68.3 Å². The Bertz CT molecular complexity index is 973. The standard InChI is InChI=1S/C21H22N2O3S2/c1-12-9-13(2)19(14(3)10-12)23-20(25)15(4)26-18(24)11-27-21-22-16-7-5-6-8-17(16)28-21/h5-10,15H,11H2,1-4H3,(H,23,25)/t15-/m1/s1. The third-order valence-corrected chi connectivity index (χ3v) is 6.34. The van der Waals surface area contributed by atoms with Gasteiger partial charge in [0.15, 0.2) is 10.4 Å². The quantitative estimate of drug-likeness (QED) is 0.460. The summed E-state index contributed by atoms with van der Waals surface area (Å²) in [6.45, 7) is 7.48. The molecule has 3 rings (SSSR count). The van der Waals surface area contributed by atoms with Gasteiger partial charge in [-0.2, -0.15) is 0 Å². The first-order valence-electron chi connectivity index (χ1n) is 8.90. The van der Waals surface area contributed by atoms with Gasteiger partial charge in [-0.15, -0.1) is 11.3 Å². The van der Waals surface area contributed by atoms with Crippen molar-refractivity contribution in [2.45, 2.75) is 38.1 Å². The average Bonchev–Trinajstić information content (AvgIpc) is 3.05. The van der Waals surface area contributed by atoms with E-state index in [1.807, 2.05) is 57.2 Å². The molecule has 0 saturated carbocycles. The number of benzene rings is 2. The highest BCUT2D eigenvalue weighted by Crippen LogP contribution is 2.29. The van der Waals surface area contributed by atoms with Crippen LogP contribution in [-0.2, 0) is 14.3 Å². The molecule has 2 aromatic carbocycles. The molecule has 0 aliphatic rings. The fraction of sp³-hybridized carbons (Fsp3) is 0.286. The summed E-state index contributed by atoms with van der Waals surface area (Å²) >= 11 is 2.85. The number of carbonyl (C=O) groups is 2. The van der Waals surface area contributed by atoms with E-state index in [0.29, 0.717) is 0 Å². The van der Waals surface area contributed by atoms with Crippen molar-refractivity contribution >= 4 is 50.9 Å². The normalized spacial score (nSPS) is 12.0. The van der Waals surface area contributed by atoms with E-state index in [2.05, 4.69) is 10.3 Å². The van der Waals surface area contributed by atoms with Crippen LogP contribution in [0.25, 0.3) is 10.2 Å². The molecule has 3 aromatic rings. The number of para-hydroxylation sites is 1. The summed E-state index contributed by atoms with van der Waals surface area (Å²) in [5.41, 5.74) is 4.79. The lowest BCUT2D eigenvalue weighted by Crippen LogP contribution is -2.31. The number of amides is 1. The molecule has 1 aromatic heterocycles. The summed E-state index contributed by atoms with van der Waals surface area (Å²) in [4.78, 5) is 29.0. The lowest BCUT2D eigenvalue weighted by Gasteiger charge is -2.16. The van der Waals surface area contributed by atoms with E-state index in [-0.39, 0.29) is 11.7 Å². The zero-order valence-electron chi connectivity index (χ0n) is 16.2. The molecular weight excluding hydrogens is 392 g/mol.